The van der Waals surface area contributed by atoms with E-state index in [-0.39, 0.29) is 0 Å². The topological polar surface area (TPSA) is 37.4 Å². The van der Waals surface area contributed by atoms with Crippen molar-refractivity contribution >= 4 is 33.0 Å². The molecule has 19 heavy (non-hydrogen) atoms. The molecule has 1 aromatic rings. The van der Waals surface area contributed by atoms with Crippen LogP contribution in [0.15, 0.2) is 16.3 Å². The number of nitrogens with zero attached hydrogens (tertiary/aromatic N) is 1. The average molecular weight is 322 g/mol. The molecule has 6 heteroatoms. The first-order chi connectivity index (χ1) is 9.07. The summed E-state index contributed by atoms with van der Waals surface area (Å²) in [4.78, 5) is 1.04. The second kappa shape index (κ2) is 6.57. The molecule has 0 radical (unpaired) electrons. The Labute approximate surface area is 124 Å². The maximum atomic E-state index is 12.6. The molecule has 0 amide bonds. The van der Waals surface area contributed by atoms with Gasteiger partial charge in [0.1, 0.15) is 4.21 Å². The molecule has 2 heterocycles. The van der Waals surface area contributed by atoms with Crippen LogP contribution in [0.5, 0.6) is 0 Å². The van der Waals surface area contributed by atoms with Crippen LogP contribution in [-0.2, 0) is 16.4 Å². The lowest BCUT2D eigenvalue weighted by Crippen LogP contribution is -2.39. The van der Waals surface area contributed by atoms with Gasteiger partial charge in [-0.2, -0.15) is 4.31 Å². The molecule has 0 aromatic carbocycles. The number of halogens is 1. The highest BCUT2D eigenvalue weighted by molar-refractivity contribution is 7.91. The van der Waals surface area contributed by atoms with Crippen molar-refractivity contribution in [2.45, 2.75) is 36.8 Å². The SMILES string of the molecule is CCC1CCCN(S(=O)(=O)c2ccc(CCCl)s2)C1. The Kier molecular flexibility index (Phi) is 5.29. The summed E-state index contributed by atoms with van der Waals surface area (Å²) >= 11 is 7.05. The molecule has 0 spiro atoms. The normalized spacial score (nSPS) is 21.7. The van der Waals surface area contributed by atoms with Crippen molar-refractivity contribution in [3.05, 3.63) is 17.0 Å². The van der Waals surface area contributed by atoms with E-state index in [1.807, 2.05) is 6.07 Å². The molecule has 1 aliphatic rings. The van der Waals surface area contributed by atoms with Gasteiger partial charge in [0, 0.05) is 23.8 Å². The van der Waals surface area contributed by atoms with Gasteiger partial charge in [-0.05, 0) is 37.3 Å². The molecule has 2 rings (SSSR count). The van der Waals surface area contributed by atoms with Crippen molar-refractivity contribution in [1.29, 1.82) is 0 Å². The highest BCUT2D eigenvalue weighted by atomic mass is 35.5. The highest BCUT2D eigenvalue weighted by Gasteiger charge is 2.30. The molecule has 0 N–H and O–H groups in total. The summed E-state index contributed by atoms with van der Waals surface area (Å²) < 4.78 is 27.3. The first kappa shape index (κ1) is 15.3. The van der Waals surface area contributed by atoms with Gasteiger partial charge in [0.15, 0.2) is 0 Å². The highest BCUT2D eigenvalue weighted by Crippen LogP contribution is 2.29. The van der Waals surface area contributed by atoms with E-state index in [0.717, 1.165) is 30.6 Å². The zero-order valence-electron chi connectivity index (χ0n) is 11.1. The Morgan fingerprint density at radius 3 is 2.95 bits per heavy atom. The molecule has 3 nitrogen and oxygen atoms in total. The zero-order valence-corrected chi connectivity index (χ0v) is 13.5. The molecule has 1 aromatic heterocycles. The van der Waals surface area contributed by atoms with Crippen molar-refractivity contribution < 1.29 is 8.42 Å². The molecule has 1 atom stereocenters. The Balaban J connectivity index is 2.16. The standard InChI is InChI=1S/C13H20ClNO2S2/c1-2-11-4-3-9-15(10-11)19(16,17)13-6-5-12(18-13)7-8-14/h5-6,11H,2-4,7-10H2,1H3. The van der Waals surface area contributed by atoms with Gasteiger partial charge >= 0.3 is 0 Å². The number of aryl methyl sites for hydroxylation is 1. The van der Waals surface area contributed by atoms with Crippen molar-refractivity contribution in [2.24, 2.45) is 5.92 Å². The molecule has 0 bridgehead atoms. The van der Waals surface area contributed by atoms with E-state index >= 15 is 0 Å². The zero-order chi connectivity index (χ0) is 13.9. The first-order valence-electron chi connectivity index (χ1n) is 6.72. The molecular formula is C13H20ClNO2S2. The summed E-state index contributed by atoms with van der Waals surface area (Å²) in [5, 5.41) is 0. The van der Waals surface area contributed by atoms with Crippen LogP contribution in [0.3, 0.4) is 0 Å². The van der Waals surface area contributed by atoms with Gasteiger partial charge in [0.25, 0.3) is 10.0 Å². The van der Waals surface area contributed by atoms with E-state index in [2.05, 4.69) is 6.92 Å². The summed E-state index contributed by atoms with van der Waals surface area (Å²) in [6.45, 7) is 3.45. The maximum Gasteiger partial charge on any atom is 0.252 e. The van der Waals surface area contributed by atoms with Crippen LogP contribution < -0.4 is 0 Å². The van der Waals surface area contributed by atoms with Gasteiger partial charge in [-0.25, -0.2) is 8.42 Å². The number of rotatable bonds is 5. The van der Waals surface area contributed by atoms with Gasteiger partial charge in [0.05, 0.1) is 0 Å². The van der Waals surface area contributed by atoms with Gasteiger partial charge in [-0.1, -0.05) is 13.3 Å². The van der Waals surface area contributed by atoms with Crippen LogP contribution >= 0.6 is 22.9 Å². The monoisotopic (exact) mass is 321 g/mol. The number of hydrogen-bond acceptors (Lipinski definition) is 3. The van der Waals surface area contributed by atoms with Gasteiger partial charge in [0.2, 0.25) is 0 Å². The van der Waals surface area contributed by atoms with Crippen LogP contribution in [0.4, 0.5) is 0 Å². The van der Waals surface area contributed by atoms with E-state index < -0.39 is 10.0 Å². The van der Waals surface area contributed by atoms with E-state index in [4.69, 9.17) is 11.6 Å². The fourth-order valence-electron chi connectivity index (χ4n) is 2.43. The summed E-state index contributed by atoms with van der Waals surface area (Å²) in [7, 11) is -3.29. The smallest absolute Gasteiger partial charge is 0.206 e. The van der Waals surface area contributed by atoms with Crippen LogP contribution in [0.2, 0.25) is 0 Å². The fourth-order valence-corrected chi connectivity index (χ4v) is 5.81. The van der Waals surface area contributed by atoms with E-state index in [1.54, 1.807) is 10.4 Å². The lowest BCUT2D eigenvalue weighted by atomic mass is 9.97. The summed E-state index contributed by atoms with van der Waals surface area (Å²) in [5.41, 5.74) is 0. The quantitative estimate of drug-likeness (QED) is 0.780. The number of hydrogen-bond donors (Lipinski definition) is 0. The van der Waals surface area contributed by atoms with Gasteiger partial charge < -0.3 is 0 Å². The Bertz CT molecular complexity index is 512. The third-order valence-corrected chi connectivity index (χ3v) is 7.30. The number of piperidine rings is 1. The Morgan fingerprint density at radius 2 is 2.26 bits per heavy atom. The summed E-state index contributed by atoms with van der Waals surface area (Å²) in [6.07, 6.45) is 3.90. The summed E-state index contributed by atoms with van der Waals surface area (Å²) in [6, 6.07) is 3.60. The van der Waals surface area contributed by atoms with Crippen molar-refractivity contribution in [1.82, 2.24) is 4.31 Å². The molecule has 1 saturated heterocycles. The Morgan fingerprint density at radius 1 is 1.47 bits per heavy atom. The lowest BCUT2D eigenvalue weighted by molar-refractivity contribution is 0.262. The molecule has 0 aliphatic carbocycles. The Hall–Kier alpha value is -0.100. The molecular weight excluding hydrogens is 302 g/mol. The average Bonchev–Trinajstić information content (AvgIpc) is 2.88. The summed E-state index contributed by atoms with van der Waals surface area (Å²) in [5.74, 6) is 1.03. The second-order valence-electron chi connectivity index (χ2n) is 4.94. The van der Waals surface area contributed by atoms with Crippen LogP contribution in [-0.4, -0.2) is 31.7 Å². The van der Waals surface area contributed by atoms with Crippen LogP contribution in [0.25, 0.3) is 0 Å². The third-order valence-electron chi connectivity index (χ3n) is 3.63. The molecule has 1 aliphatic heterocycles. The number of alkyl halides is 1. The number of sulfonamides is 1. The van der Waals surface area contributed by atoms with E-state index in [1.165, 1.54) is 11.3 Å². The van der Waals surface area contributed by atoms with Gasteiger partial charge in [-0.15, -0.1) is 22.9 Å². The van der Waals surface area contributed by atoms with Gasteiger partial charge in [-0.3, -0.25) is 0 Å². The van der Waals surface area contributed by atoms with Crippen LogP contribution in [0.1, 0.15) is 31.1 Å². The largest absolute Gasteiger partial charge is 0.252 e. The lowest BCUT2D eigenvalue weighted by Gasteiger charge is -2.30. The minimum Gasteiger partial charge on any atom is -0.206 e. The minimum absolute atomic E-state index is 0.462. The predicted molar refractivity (Wildman–Crippen MR) is 80.5 cm³/mol. The molecule has 108 valence electrons. The number of thiophene rings is 1. The minimum atomic E-state index is -3.29. The van der Waals surface area contributed by atoms with E-state index in [0.29, 0.717) is 29.1 Å². The maximum absolute atomic E-state index is 12.6. The molecule has 1 unspecified atom stereocenters. The van der Waals surface area contributed by atoms with Crippen molar-refractivity contribution in [3.63, 3.8) is 0 Å². The van der Waals surface area contributed by atoms with E-state index in [9.17, 15) is 8.42 Å². The van der Waals surface area contributed by atoms with Crippen molar-refractivity contribution in [2.75, 3.05) is 19.0 Å². The second-order valence-corrected chi connectivity index (χ2v) is 8.65. The third kappa shape index (κ3) is 3.51. The predicted octanol–water partition coefficient (Wildman–Crippen LogP) is 3.34. The first-order valence-corrected chi connectivity index (χ1v) is 9.52. The molecule has 1 fully saturated rings. The fraction of sp³-hybridized carbons (Fsp3) is 0.692. The molecule has 0 saturated carbocycles. The van der Waals surface area contributed by atoms with Crippen molar-refractivity contribution in [3.8, 4) is 0 Å². The van der Waals surface area contributed by atoms with Crippen LogP contribution in [0, 0.1) is 5.92 Å².